The Morgan fingerprint density at radius 1 is 1.06 bits per heavy atom. The number of rotatable bonds is 5. The van der Waals surface area contributed by atoms with Gasteiger partial charge in [-0.1, -0.05) is 42.0 Å². The number of aliphatic imine (C=N–C) groups is 1. The number of carbonyl (C=O) groups is 1. The van der Waals surface area contributed by atoms with E-state index in [1.54, 1.807) is 24.3 Å². The first-order chi connectivity index (χ1) is 15.0. The van der Waals surface area contributed by atoms with Crippen LogP contribution in [-0.4, -0.2) is 28.6 Å². The summed E-state index contributed by atoms with van der Waals surface area (Å²) in [6, 6.07) is 9.74. The lowest BCUT2D eigenvalue weighted by atomic mass is 10.1. The van der Waals surface area contributed by atoms with E-state index in [-0.39, 0.29) is 5.91 Å². The lowest BCUT2D eigenvalue weighted by Gasteiger charge is -2.18. The monoisotopic (exact) mass is 451 g/mol. The van der Waals surface area contributed by atoms with Crippen LogP contribution in [0.5, 0.6) is 0 Å². The second kappa shape index (κ2) is 12.8. The highest BCUT2D eigenvalue weighted by Crippen LogP contribution is 2.22. The maximum atomic E-state index is 11.5. The fourth-order valence-electron chi connectivity index (χ4n) is 2.78. The molecule has 0 spiro atoms. The molecule has 5 heteroatoms. The molecule has 0 aliphatic heterocycles. The fourth-order valence-corrected chi connectivity index (χ4v) is 3.05. The third kappa shape index (κ3) is 8.27. The summed E-state index contributed by atoms with van der Waals surface area (Å²) in [7, 11) is 1.72. The van der Waals surface area contributed by atoms with Crippen molar-refractivity contribution in [2.24, 2.45) is 4.99 Å². The molecule has 0 aliphatic carbocycles. The van der Waals surface area contributed by atoms with E-state index in [2.05, 4.69) is 49.5 Å². The van der Waals surface area contributed by atoms with Crippen molar-refractivity contribution in [1.29, 1.82) is 0 Å². The van der Waals surface area contributed by atoms with Crippen molar-refractivity contribution in [2.45, 2.75) is 48.5 Å². The second-order valence-corrected chi connectivity index (χ2v) is 8.41. The zero-order chi connectivity index (χ0) is 24.4. The zero-order valence-electron chi connectivity index (χ0n) is 20.5. The van der Waals surface area contributed by atoms with Crippen LogP contribution >= 0.6 is 11.6 Å². The van der Waals surface area contributed by atoms with Gasteiger partial charge in [0.1, 0.15) is 5.82 Å². The van der Waals surface area contributed by atoms with Gasteiger partial charge in [0, 0.05) is 37.1 Å². The number of pyridine rings is 1. The summed E-state index contributed by atoms with van der Waals surface area (Å²) < 4.78 is 0. The molecule has 0 saturated heterocycles. The summed E-state index contributed by atoms with van der Waals surface area (Å²) in [6.45, 7) is 17.5. The maximum absolute atomic E-state index is 11.5. The Bertz CT molecular complexity index is 1020. The fraction of sp³-hybridized carbons (Fsp3) is 0.296. The molecule has 2 aromatic rings. The van der Waals surface area contributed by atoms with E-state index in [0.717, 1.165) is 33.0 Å². The first-order valence-corrected chi connectivity index (χ1v) is 10.8. The highest BCUT2D eigenvalue weighted by atomic mass is 35.5. The summed E-state index contributed by atoms with van der Waals surface area (Å²) in [6.07, 6.45) is 5.55. The van der Waals surface area contributed by atoms with Crippen LogP contribution in [0.25, 0.3) is 11.6 Å². The van der Waals surface area contributed by atoms with Crippen molar-refractivity contribution >= 4 is 34.9 Å². The first-order valence-electron chi connectivity index (χ1n) is 10.4. The average Bonchev–Trinajstić information content (AvgIpc) is 2.74. The van der Waals surface area contributed by atoms with Crippen molar-refractivity contribution in [3.63, 3.8) is 0 Å². The quantitative estimate of drug-likeness (QED) is 0.446. The molecule has 1 amide bonds. The van der Waals surface area contributed by atoms with Crippen molar-refractivity contribution < 1.29 is 4.79 Å². The molecule has 0 N–H and O–H groups in total. The molecule has 1 aromatic carbocycles. The van der Waals surface area contributed by atoms with Crippen LogP contribution < -0.4 is 0 Å². The largest absolute Gasteiger partial charge is 0.300 e. The Labute approximate surface area is 198 Å². The van der Waals surface area contributed by atoms with Crippen LogP contribution in [-0.2, 0) is 4.79 Å². The minimum absolute atomic E-state index is 0.0488. The highest BCUT2D eigenvalue weighted by Gasteiger charge is 2.11. The number of hydrogen-bond donors (Lipinski definition) is 0. The van der Waals surface area contributed by atoms with Crippen LogP contribution in [0.4, 0.5) is 0 Å². The van der Waals surface area contributed by atoms with Crippen LogP contribution in [0.1, 0.15) is 58.2 Å². The summed E-state index contributed by atoms with van der Waals surface area (Å²) in [5.41, 5.74) is 7.18. The summed E-state index contributed by atoms with van der Waals surface area (Å²) in [5.74, 6) is 0.609. The Morgan fingerprint density at radius 3 is 2.12 bits per heavy atom. The Balaban J connectivity index is 0.000000363. The zero-order valence-corrected chi connectivity index (χ0v) is 21.2. The van der Waals surface area contributed by atoms with Gasteiger partial charge in [0.25, 0.3) is 0 Å². The second-order valence-electron chi connectivity index (χ2n) is 8.01. The van der Waals surface area contributed by atoms with E-state index < -0.39 is 0 Å². The van der Waals surface area contributed by atoms with Gasteiger partial charge >= 0.3 is 0 Å². The Kier molecular flexibility index (Phi) is 10.8. The molecule has 0 fully saturated rings. The van der Waals surface area contributed by atoms with Gasteiger partial charge in [0.05, 0.1) is 0 Å². The lowest BCUT2D eigenvalue weighted by molar-refractivity contribution is -0.125. The minimum atomic E-state index is -0.0488. The molecule has 170 valence electrons. The van der Waals surface area contributed by atoms with E-state index in [1.165, 1.54) is 18.1 Å². The number of allylic oxidation sites excluding steroid dienone is 3. The van der Waals surface area contributed by atoms with E-state index in [0.29, 0.717) is 5.82 Å². The van der Waals surface area contributed by atoms with E-state index in [1.807, 2.05) is 45.0 Å². The van der Waals surface area contributed by atoms with Gasteiger partial charge in [-0.3, -0.25) is 9.78 Å². The number of aromatic nitrogens is 1. The Hall–Kier alpha value is -2.98. The molecule has 0 aliphatic rings. The van der Waals surface area contributed by atoms with Gasteiger partial charge in [0.2, 0.25) is 5.91 Å². The number of aryl methyl sites for hydroxylation is 1. The Morgan fingerprint density at radius 2 is 1.66 bits per heavy atom. The third-order valence-corrected chi connectivity index (χ3v) is 5.01. The normalized spacial score (nSPS) is 10.5. The molecular formula is C27H34ClN3O. The number of halogens is 1. The van der Waals surface area contributed by atoms with Crippen molar-refractivity contribution in [3.8, 4) is 0 Å². The van der Waals surface area contributed by atoms with E-state index in [9.17, 15) is 4.79 Å². The predicted molar refractivity (Wildman–Crippen MR) is 139 cm³/mol. The third-order valence-electron chi connectivity index (χ3n) is 4.68. The molecule has 0 bridgehead atoms. The SMILES string of the molecule is C=C(/C(C)=N/C(=C(C)C)N(C)C(C)=O)c1ccncc1.CC(C)=Cc1c(C)cccc1Cl. The lowest BCUT2D eigenvalue weighted by Crippen LogP contribution is -2.23. The van der Waals surface area contributed by atoms with E-state index in [4.69, 9.17) is 11.6 Å². The number of amides is 1. The van der Waals surface area contributed by atoms with Crippen LogP contribution in [0.15, 0.2) is 71.3 Å². The van der Waals surface area contributed by atoms with Gasteiger partial charge in [-0.15, -0.1) is 0 Å². The van der Waals surface area contributed by atoms with Crippen LogP contribution in [0.2, 0.25) is 5.02 Å². The smallest absolute Gasteiger partial charge is 0.224 e. The molecule has 1 aromatic heterocycles. The van der Waals surface area contributed by atoms with Gasteiger partial charge in [-0.05, 0) is 87.6 Å². The van der Waals surface area contributed by atoms with Gasteiger partial charge in [-0.25, -0.2) is 4.99 Å². The van der Waals surface area contributed by atoms with Gasteiger partial charge < -0.3 is 4.90 Å². The number of benzene rings is 1. The van der Waals surface area contributed by atoms with Crippen molar-refractivity contribution in [1.82, 2.24) is 9.88 Å². The molecular weight excluding hydrogens is 418 g/mol. The molecule has 2 rings (SSSR count). The van der Waals surface area contributed by atoms with E-state index >= 15 is 0 Å². The summed E-state index contributed by atoms with van der Waals surface area (Å²) in [4.78, 5) is 21.6. The summed E-state index contributed by atoms with van der Waals surface area (Å²) in [5, 5.41) is 0.830. The average molecular weight is 452 g/mol. The van der Waals surface area contributed by atoms with Crippen LogP contribution in [0.3, 0.4) is 0 Å². The topological polar surface area (TPSA) is 45.6 Å². The summed E-state index contributed by atoms with van der Waals surface area (Å²) >= 11 is 6.03. The molecule has 1 heterocycles. The van der Waals surface area contributed by atoms with Crippen molar-refractivity contribution in [2.75, 3.05) is 7.05 Å². The molecule has 0 saturated carbocycles. The maximum Gasteiger partial charge on any atom is 0.224 e. The number of carbonyl (C=O) groups excluding carboxylic acids is 1. The molecule has 0 atom stereocenters. The molecule has 0 unspecified atom stereocenters. The number of nitrogens with zero attached hydrogens (tertiary/aromatic N) is 3. The van der Waals surface area contributed by atoms with Crippen molar-refractivity contribution in [3.05, 3.63) is 88.0 Å². The highest BCUT2D eigenvalue weighted by molar-refractivity contribution is 6.32. The predicted octanol–water partition coefficient (Wildman–Crippen LogP) is 7.36. The van der Waals surface area contributed by atoms with Gasteiger partial charge in [0.15, 0.2) is 0 Å². The molecule has 0 radical (unpaired) electrons. The minimum Gasteiger partial charge on any atom is -0.300 e. The van der Waals surface area contributed by atoms with Gasteiger partial charge in [-0.2, -0.15) is 0 Å². The first kappa shape index (κ1) is 27.1. The van der Waals surface area contributed by atoms with Crippen LogP contribution in [0, 0.1) is 6.92 Å². The molecule has 32 heavy (non-hydrogen) atoms. The molecule has 4 nitrogen and oxygen atoms in total. The standard InChI is InChI=1S/C16H21N3O.C11H13Cl/c1-11(2)16(19(6)14(5)20)18-13(4)12(3)15-7-9-17-10-8-15;1-8(2)7-10-9(3)5-4-6-11(10)12/h7-10H,3H2,1-2,4-6H3;4-7H,1-3H3/b18-13+;. The number of hydrogen-bond acceptors (Lipinski definition) is 3.